The number of methoxy groups -OCH3 is 1. The molecule has 32 heavy (non-hydrogen) atoms. The molecule has 0 atom stereocenters. The summed E-state index contributed by atoms with van der Waals surface area (Å²) in [7, 11) is 1.44. The standard InChI is InChI=1S/C24H16ClNO6/c1-31-21-5-3-2-4-19(21)26-22(28)17-11-8-15(12-18(17)23(26)29)24(30)32-13-20(27)14-6-9-16(25)10-7-14/h2-12H,13H2,1H3. The summed E-state index contributed by atoms with van der Waals surface area (Å²) in [6, 6.07) is 16.9. The number of fused-ring (bicyclic) bond motifs is 1. The minimum absolute atomic E-state index is 0.0516. The molecule has 0 saturated carbocycles. The lowest BCUT2D eigenvalue weighted by molar-refractivity contribution is 0.0474. The number of imide groups is 1. The van der Waals surface area contributed by atoms with Gasteiger partial charge in [0.15, 0.2) is 12.4 Å². The van der Waals surface area contributed by atoms with E-state index in [0.717, 1.165) is 4.90 Å². The van der Waals surface area contributed by atoms with E-state index in [1.807, 2.05) is 0 Å². The third-order valence-electron chi connectivity index (χ3n) is 4.95. The van der Waals surface area contributed by atoms with E-state index in [-0.39, 0.29) is 16.7 Å². The Balaban J connectivity index is 1.52. The minimum atomic E-state index is -0.786. The normalized spacial score (nSPS) is 12.5. The topological polar surface area (TPSA) is 90.0 Å². The second-order valence-electron chi connectivity index (χ2n) is 6.88. The van der Waals surface area contributed by atoms with Crippen LogP contribution in [0.1, 0.15) is 41.4 Å². The second kappa shape index (κ2) is 8.64. The van der Waals surface area contributed by atoms with Crippen molar-refractivity contribution in [3.63, 3.8) is 0 Å². The Kier molecular flexibility index (Phi) is 5.75. The Morgan fingerprint density at radius 2 is 1.53 bits per heavy atom. The molecule has 1 aliphatic rings. The first-order valence-electron chi connectivity index (χ1n) is 9.52. The van der Waals surface area contributed by atoms with Gasteiger partial charge >= 0.3 is 5.97 Å². The molecular formula is C24H16ClNO6. The first-order chi connectivity index (χ1) is 15.4. The van der Waals surface area contributed by atoms with Gasteiger partial charge in [0.05, 0.1) is 29.5 Å². The van der Waals surface area contributed by atoms with E-state index in [4.69, 9.17) is 21.1 Å². The van der Waals surface area contributed by atoms with Crippen LogP contribution in [0, 0.1) is 0 Å². The van der Waals surface area contributed by atoms with Crippen molar-refractivity contribution in [2.24, 2.45) is 0 Å². The molecule has 4 rings (SSSR count). The van der Waals surface area contributed by atoms with Crippen molar-refractivity contribution >= 4 is 40.9 Å². The highest BCUT2D eigenvalue weighted by atomic mass is 35.5. The summed E-state index contributed by atoms with van der Waals surface area (Å²) >= 11 is 5.80. The van der Waals surface area contributed by atoms with Crippen molar-refractivity contribution in [2.45, 2.75) is 0 Å². The van der Waals surface area contributed by atoms with Crippen molar-refractivity contribution in [3.05, 3.63) is 94.0 Å². The van der Waals surface area contributed by atoms with E-state index in [2.05, 4.69) is 0 Å². The fourth-order valence-corrected chi connectivity index (χ4v) is 3.46. The maximum Gasteiger partial charge on any atom is 0.338 e. The van der Waals surface area contributed by atoms with Gasteiger partial charge in [0.1, 0.15) is 5.75 Å². The number of ketones is 1. The molecule has 0 bridgehead atoms. The van der Waals surface area contributed by atoms with Crippen LogP contribution in [-0.2, 0) is 4.74 Å². The molecule has 8 heteroatoms. The Morgan fingerprint density at radius 1 is 0.875 bits per heavy atom. The van der Waals surface area contributed by atoms with E-state index in [9.17, 15) is 19.2 Å². The number of esters is 1. The van der Waals surface area contributed by atoms with Crippen LogP contribution in [0.5, 0.6) is 5.75 Å². The number of anilines is 1. The Bertz CT molecular complexity index is 1250. The Labute approximate surface area is 188 Å². The van der Waals surface area contributed by atoms with Gasteiger partial charge in [-0.15, -0.1) is 0 Å². The summed E-state index contributed by atoms with van der Waals surface area (Å²) in [6.45, 7) is -0.474. The van der Waals surface area contributed by atoms with Gasteiger partial charge in [-0.05, 0) is 54.6 Å². The number of Topliss-reactive ketones (excluding diaryl/α,β-unsaturated/α-hetero) is 1. The summed E-state index contributed by atoms with van der Waals surface area (Å²) in [5, 5.41) is 0.484. The number of halogens is 1. The molecule has 0 N–H and O–H groups in total. The van der Waals surface area contributed by atoms with Crippen LogP contribution in [0.4, 0.5) is 5.69 Å². The molecule has 0 radical (unpaired) electrons. The van der Waals surface area contributed by atoms with Crippen molar-refractivity contribution in [1.29, 1.82) is 0 Å². The Morgan fingerprint density at radius 3 is 2.25 bits per heavy atom. The second-order valence-corrected chi connectivity index (χ2v) is 7.32. The molecule has 0 aromatic heterocycles. The lowest BCUT2D eigenvalue weighted by Gasteiger charge is -2.16. The summed E-state index contributed by atoms with van der Waals surface area (Å²) in [6.07, 6.45) is 0. The van der Waals surface area contributed by atoms with Gasteiger partial charge in [-0.3, -0.25) is 14.4 Å². The highest BCUT2D eigenvalue weighted by Gasteiger charge is 2.38. The third kappa shape index (κ3) is 3.86. The molecule has 3 aromatic rings. The minimum Gasteiger partial charge on any atom is -0.495 e. The van der Waals surface area contributed by atoms with Gasteiger partial charge in [0.2, 0.25) is 0 Å². The molecule has 160 valence electrons. The first-order valence-corrected chi connectivity index (χ1v) is 9.90. The number of amides is 2. The van der Waals surface area contributed by atoms with E-state index in [1.54, 1.807) is 36.4 Å². The first kappa shape index (κ1) is 21.3. The highest BCUT2D eigenvalue weighted by Crippen LogP contribution is 2.34. The van der Waals surface area contributed by atoms with Crippen molar-refractivity contribution in [3.8, 4) is 5.75 Å². The van der Waals surface area contributed by atoms with E-state index in [0.29, 0.717) is 22.0 Å². The monoisotopic (exact) mass is 449 g/mol. The van der Waals surface area contributed by atoms with Gasteiger partial charge in [0, 0.05) is 10.6 Å². The largest absolute Gasteiger partial charge is 0.495 e. The van der Waals surface area contributed by atoms with Gasteiger partial charge in [-0.25, -0.2) is 9.69 Å². The van der Waals surface area contributed by atoms with Crippen LogP contribution >= 0.6 is 11.6 Å². The number of para-hydroxylation sites is 2. The smallest absolute Gasteiger partial charge is 0.338 e. The number of carbonyl (C=O) groups is 4. The zero-order valence-corrected chi connectivity index (χ0v) is 17.6. The summed E-state index contributed by atoms with van der Waals surface area (Å²) < 4.78 is 10.3. The van der Waals surface area contributed by atoms with Crippen molar-refractivity contribution < 1.29 is 28.7 Å². The summed E-state index contributed by atoms with van der Waals surface area (Å²) in [5.41, 5.74) is 0.938. The van der Waals surface area contributed by atoms with Crippen LogP contribution in [0.25, 0.3) is 0 Å². The molecule has 3 aromatic carbocycles. The molecule has 7 nitrogen and oxygen atoms in total. The maximum absolute atomic E-state index is 13.0. The number of ether oxygens (including phenoxy) is 2. The third-order valence-corrected chi connectivity index (χ3v) is 5.20. The number of carbonyl (C=O) groups excluding carboxylic acids is 4. The van der Waals surface area contributed by atoms with Crippen LogP contribution in [-0.4, -0.2) is 37.3 Å². The van der Waals surface area contributed by atoms with Gasteiger partial charge in [-0.1, -0.05) is 23.7 Å². The molecule has 1 heterocycles. The van der Waals surface area contributed by atoms with Crippen molar-refractivity contribution in [1.82, 2.24) is 0 Å². The molecule has 0 aliphatic carbocycles. The molecule has 0 saturated heterocycles. The lowest BCUT2D eigenvalue weighted by atomic mass is 10.1. The molecule has 0 fully saturated rings. The number of rotatable bonds is 6. The SMILES string of the molecule is COc1ccccc1N1C(=O)c2ccc(C(=O)OCC(=O)c3ccc(Cl)cc3)cc2C1=O. The molecular weight excluding hydrogens is 434 g/mol. The Hall–Kier alpha value is -3.97. The number of hydrogen-bond acceptors (Lipinski definition) is 6. The van der Waals surface area contributed by atoms with E-state index < -0.39 is 30.2 Å². The molecule has 0 spiro atoms. The quantitative estimate of drug-likeness (QED) is 0.318. The maximum atomic E-state index is 13.0. The van der Waals surface area contributed by atoms with Gasteiger partial charge in [-0.2, -0.15) is 0 Å². The van der Waals surface area contributed by atoms with Crippen LogP contribution in [0.15, 0.2) is 66.7 Å². The zero-order chi connectivity index (χ0) is 22.8. The predicted octanol–water partition coefficient (Wildman–Crippen LogP) is 4.19. The van der Waals surface area contributed by atoms with E-state index in [1.165, 1.54) is 37.4 Å². The number of benzene rings is 3. The van der Waals surface area contributed by atoms with Crippen molar-refractivity contribution in [2.75, 3.05) is 18.6 Å². The van der Waals surface area contributed by atoms with E-state index >= 15 is 0 Å². The van der Waals surface area contributed by atoms with Crippen LogP contribution in [0.2, 0.25) is 5.02 Å². The molecule has 2 amide bonds. The van der Waals surface area contributed by atoms with Crippen LogP contribution in [0.3, 0.4) is 0 Å². The highest BCUT2D eigenvalue weighted by molar-refractivity contribution is 6.35. The molecule has 1 aliphatic heterocycles. The molecule has 0 unspecified atom stereocenters. The lowest BCUT2D eigenvalue weighted by Crippen LogP contribution is -2.29. The number of nitrogens with zero attached hydrogens (tertiary/aromatic N) is 1. The average Bonchev–Trinajstić information content (AvgIpc) is 3.06. The van der Waals surface area contributed by atoms with Crippen LogP contribution < -0.4 is 9.64 Å². The van der Waals surface area contributed by atoms with Gasteiger partial charge in [0.25, 0.3) is 11.8 Å². The fraction of sp³-hybridized carbons (Fsp3) is 0.0833. The average molecular weight is 450 g/mol. The van der Waals surface area contributed by atoms with Gasteiger partial charge < -0.3 is 9.47 Å². The fourth-order valence-electron chi connectivity index (χ4n) is 3.33. The summed E-state index contributed by atoms with van der Waals surface area (Å²) in [4.78, 5) is 51.4. The number of hydrogen-bond donors (Lipinski definition) is 0. The zero-order valence-electron chi connectivity index (χ0n) is 16.8. The predicted molar refractivity (Wildman–Crippen MR) is 117 cm³/mol. The summed E-state index contributed by atoms with van der Waals surface area (Å²) in [5.74, 6) is -1.92.